The molecule has 0 spiro atoms. The molecule has 1 atom stereocenters. The molecular formula is C26H36F3N5O8S. The third-order valence-electron chi connectivity index (χ3n) is 6.34. The van der Waals surface area contributed by atoms with Crippen LogP contribution in [0.1, 0.15) is 48.0 Å². The maximum atomic E-state index is 14.2. The van der Waals surface area contributed by atoms with Crippen molar-refractivity contribution in [1.82, 2.24) is 15.1 Å². The van der Waals surface area contributed by atoms with E-state index in [0.29, 0.717) is 20.4 Å². The van der Waals surface area contributed by atoms with E-state index >= 15 is 0 Å². The Bertz CT molecular complexity index is 1440. The number of fused-ring (bicyclic) bond motifs is 1. The number of carbonyl (C=O) groups excluding carboxylic acids is 2. The van der Waals surface area contributed by atoms with Gasteiger partial charge in [-0.2, -0.15) is 13.2 Å². The number of aliphatic hydroxyl groups is 1. The predicted octanol–water partition coefficient (Wildman–Crippen LogP) is 3.42. The van der Waals surface area contributed by atoms with Crippen molar-refractivity contribution in [3.63, 3.8) is 0 Å². The number of ether oxygens (including phenoxy) is 3. The van der Waals surface area contributed by atoms with Gasteiger partial charge in [-0.05, 0) is 52.8 Å². The second-order valence-electron chi connectivity index (χ2n) is 11.0. The lowest BCUT2D eigenvalue weighted by Crippen LogP contribution is -2.50. The van der Waals surface area contributed by atoms with Crippen molar-refractivity contribution in [1.29, 1.82) is 0 Å². The number of rotatable bonds is 11. The number of alkyl halides is 3. The van der Waals surface area contributed by atoms with E-state index in [2.05, 4.69) is 20.5 Å². The molecule has 0 aliphatic carbocycles. The van der Waals surface area contributed by atoms with Gasteiger partial charge < -0.3 is 24.6 Å². The van der Waals surface area contributed by atoms with E-state index in [4.69, 9.17) is 9.47 Å². The smallest absolute Gasteiger partial charge is 0.427 e. The van der Waals surface area contributed by atoms with Gasteiger partial charge in [-0.1, -0.05) is 0 Å². The molecule has 2 aromatic rings. The highest BCUT2D eigenvalue weighted by molar-refractivity contribution is 7.93. The molecule has 1 aromatic carbocycles. The first kappa shape index (κ1) is 33.8. The number of anilines is 2. The third-order valence-corrected chi connectivity index (χ3v) is 8.10. The molecule has 0 saturated heterocycles. The average Bonchev–Trinajstić information content (AvgIpc) is 3.29. The summed E-state index contributed by atoms with van der Waals surface area (Å²) in [6, 6.07) is 3.90. The zero-order valence-electron chi connectivity index (χ0n) is 24.6. The zero-order chi connectivity index (χ0) is 32.4. The Hall–Kier alpha value is -3.73. The molecule has 43 heavy (non-hydrogen) atoms. The quantitative estimate of drug-likeness (QED) is 0.336. The monoisotopic (exact) mass is 635 g/mol. The summed E-state index contributed by atoms with van der Waals surface area (Å²) in [4.78, 5) is 23.8. The normalized spacial score (nSPS) is 15.8. The van der Waals surface area contributed by atoms with Gasteiger partial charge in [0.15, 0.2) is 4.90 Å². The number of nitrogens with zero attached hydrogens (tertiary/aromatic N) is 3. The number of benzene rings is 1. The molecule has 3 N–H and O–H groups in total. The van der Waals surface area contributed by atoms with Gasteiger partial charge in [0.25, 0.3) is 15.9 Å². The average molecular weight is 636 g/mol. The molecule has 2 heterocycles. The minimum Gasteiger partial charge on any atom is -0.486 e. The summed E-state index contributed by atoms with van der Waals surface area (Å²) < 4.78 is 86.4. The molecule has 1 aromatic heterocycles. The number of hydrogen-bond donors (Lipinski definition) is 3. The van der Waals surface area contributed by atoms with Crippen molar-refractivity contribution in [2.75, 3.05) is 29.4 Å². The van der Waals surface area contributed by atoms with E-state index in [9.17, 15) is 36.3 Å². The molecule has 13 nitrogen and oxygen atoms in total. The number of aliphatic hydroxyl groups excluding tert-OH is 1. The van der Waals surface area contributed by atoms with Crippen molar-refractivity contribution < 1.29 is 50.5 Å². The molecule has 240 valence electrons. The minimum absolute atomic E-state index is 0.0289. The lowest BCUT2D eigenvalue weighted by molar-refractivity contribution is -0.242. The van der Waals surface area contributed by atoms with Crippen LogP contribution in [0.5, 0.6) is 11.6 Å². The van der Waals surface area contributed by atoms with Gasteiger partial charge in [-0.3, -0.25) is 19.1 Å². The first-order valence-electron chi connectivity index (χ1n) is 13.3. The second-order valence-corrected chi connectivity index (χ2v) is 12.8. The predicted molar refractivity (Wildman–Crippen MR) is 149 cm³/mol. The Morgan fingerprint density at radius 2 is 1.88 bits per heavy atom. The lowest BCUT2D eigenvalue weighted by Gasteiger charge is -2.38. The number of sulfonamides is 1. The number of aromatic nitrogens is 2. The maximum Gasteiger partial charge on any atom is 0.427 e. The van der Waals surface area contributed by atoms with Crippen molar-refractivity contribution in [2.45, 2.75) is 82.8 Å². The van der Waals surface area contributed by atoms with Crippen LogP contribution in [0, 0.1) is 0 Å². The second kappa shape index (κ2) is 12.5. The maximum absolute atomic E-state index is 14.2. The standard InChI is InChI=1S/C26H36F3N5O8S/c1-7-33-15-21(22(32-33)40-11-10-35)43(38,39)34-14-18(13-24(3,4)31-16(2)36)41-20-9-8-17(12-19(20)34)30-23(37)42-25(5,6)26(27,28)29/h8-9,12,15,18,35H,7,10-11,13-14H2,1-6H3,(H,30,37)(H,31,36)/t18-/m0/s1. The molecule has 1 aliphatic rings. The molecule has 1 aliphatic heterocycles. The highest BCUT2D eigenvalue weighted by Gasteiger charge is 2.51. The van der Waals surface area contributed by atoms with Crippen molar-refractivity contribution in [3.05, 3.63) is 24.4 Å². The fourth-order valence-corrected chi connectivity index (χ4v) is 5.92. The largest absolute Gasteiger partial charge is 0.486 e. The highest BCUT2D eigenvalue weighted by Crippen LogP contribution is 2.41. The number of carbonyl (C=O) groups is 2. The SMILES string of the molecule is CCn1cc(S(=O)(=O)N2C[C@H](CC(C)(C)NC(C)=O)Oc3ccc(NC(=O)OC(C)(C)C(F)(F)F)cc32)c(OCCO)n1. The van der Waals surface area contributed by atoms with Crippen LogP contribution < -0.4 is 24.4 Å². The van der Waals surface area contributed by atoms with Gasteiger partial charge in [0.05, 0.1) is 18.8 Å². The van der Waals surface area contributed by atoms with Crippen LogP contribution in [0.25, 0.3) is 0 Å². The number of amides is 2. The van der Waals surface area contributed by atoms with E-state index in [0.717, 1.165) is 4.31 Å². The number of nitrogens with one attached hydrogen (secondary N) is 2. The van der Waals surface area contributed by atoms with Crippen molar-refractivity contribution in [2.24, 2.45) is 0 Å². The minimum atomic E-state index is -4.84. The van der Waals surface area contributed by atoms with Crippen molar-refractivity contribution in [3.8, 4) is 11.6 Å². The van der Waals surface area contributed by atoms with Crippen LogP contribution in [0.3, 0.4) is 0 Å². The van der Waals surface area contributed by atoms with Crippen LogP contribution in [0.15, 0.2) is 29.3 Å². The molecule has 0 saturated carbocycles. The van der Waals surface area contributed by atoms with Crippen LogP contribution in [-0.4, -0.2) is 78.5 Å². The van der Waals surface area contributed by atoms with E-state index in [-0.39, 0.29) is 53.4 Å². The number of halogens is 3. The van der Waals surface area contributed by atoms with E-state index in [1.165, 1.54) is 36.0 Å². The summed E-state index contributed by atoms with van der Waals surface area (Å²) in [5, 5.41) is 18.3. The van der Waals surface area contributed by atoms with E-state index in [1.54, 1.807) is 20.8 Å². The van der Waals surface area contributed by atoms with Crippen LogP contribution >= 0.6 is 0 Å². The van der Waals surface area contributed by atoms with Crippen molar-refractivity contribution >= 4 is 33.4 Å². The molecule has 0 bridgehead atoms. The van der Waals surface area contributed by atoms with Gasteiger partial charge in [0, 0.05) is 37.3 Å². The fraction of sp³-hybridized carbons (Fsp3) is 0.577. The van der Waals surface area contributed by atoms with Crippen LogP contribution in [0.4, 0.5) is 29.3 Å². The molecule has 0 radical (unpaired) electrons. The highest BCUT2D eigenvalue weighted by atomic mass is 32.2. The summed E-state index contributed by atoms with van der Waals surface area (Å²) in [5.41, 5.74) is -3.67. The van der Waals surface area contributed by atoms with Crippen LogP contribution in [0.2, 0.25) is 0 Å². The zero-order valence-corrected chi connectivity index (χ0v) is 25.4. The molecule has 0 unspecified atom stereocenters. The Balaban J connectivity index is 2.05. The first-order chi connectivity index (χ1) is 19.8. The Morgan fingerprint density at radius 3 is 2.47 bits per heavy atom. The van der Waals surface area contributed by atoms with Gasteiger partial charge in [-0.15, -0.1) is 5.10 Å². The van der Waals surface area contributed by atoms with E-state index < -0.39 is 46.1 Å². The van der Waals surface area contributed by atoms with E-state index in [1.807, 2.05) is 0 Å². The molecular weight excluding hydrogens is 599 g/mol. The summed E-state index contributed by atoms with van der Waals surface area (Å²) >= 11 is 0. The van der Waals surface area contributed by atoms with Crippen LogP contribution in [-0.2, 0) is 26.1 Å². The first-order valence-corrected chi connectivity index (χ1v) is 14.7. The fourth-order valence-electron chi connectivity index (χ4n) is 4.34. The summed E-state index contributed by atoms with van der Waals surface area (Å²) in [6.07, 6.45) is -5.54. The summed E-state index contributed by atoms with van der Waals surface area (Å²) in [6.45, 7) is 7.42. The Labute approximate surface area is 247 Å². The molecule has 3 rings (SSSR count). The molecule has 2 amide bonds. The number of hydrogen-bond acceptors (Lipinski definition) is 9. The topological polar surface area (TPSA) is 161 Å². The Morgan fingerprint density at radius 1 is 1.21 bits per heavy atom. The summed E-state index contributed by atoms with van der Waals surface area (Å²) in [5.74, 6) is -0.445. The van der Waals surface area contributed by atoms with Gasteiger partial charge in [-0.25, -0.2) is 13.2 Å². The third kappa shape index (κ3) is 8.01. The lowest BCUT2D eigenvalue weighted by atomic mass is 9.95. The molecule has 0 fully saturated rings. The molecule has 17 heteroatoms. The van der Waals surface area contributed by atoms with Gasteiger partial charge in [0.2, 0.25) is 11.5 Å². The number of aryl methyl sites for hydroxylation is 1. The van der Waals surface area contributed by atoms with Gasteiger partial charge >= 0.3 is 12.3 Å². The summed E-state index contributed by atoms with van der Waals surface area (Å²) in [7, 11) is -4.45. The Kier molecular flexibility index (Phi) is 9.80. The van der Waals surface area contributed by atoms with Gasteiger partial charge in [0.1, 0.15) is 18.5 Å².